The second-order valence-electron chi connectivity index (χ2n) is 5.46. The van der Waals surface area contributed by atoms with E-state index < -0.39 is 5.97 Å². The Kier molecular flexibility index (Phi) is 4.85. The van der Waals surface area contributed by atoms with Crippen molar-refractivity contribution in [3.8, 4) is 0 Å². The third-order valence-electron chi connectivity index (χ3n) is 3.80. The SMILES string of the molecule is CC1CCCC(CNCc2ncncc2C(=O)O)C1. The summed E-state index contributed by atoms with van der Waals surface area (Å²) in [6, 6.07) is 0. The molecular formula is C14H21N3O2. The Morgan fingerprint density at radius 3 is 3.11 bits per heavy atom. The van der Waals surface area contributed by atoms with Gasteiger partial charge in [-0.05, 0) is 31.2 Å². The molecule has 2 rings (SSSR count). The maximum Gasteiger partial charge on any atom is 0.339 e. The molecule has 2 unspecified atom stereocenters. The molecule has 1 saturated carbocycles. The van der Waals surface area contributed by atoms with E-state index in [0.717, 1.165) is 12.5 Å². The van der Waals surface area contributed by atoms with E-state index in [1.54, 1.807) is 0 Å². The van der Waals surface area contributed by atoms with Gasteiger partial charge in [0.05, 0.1) is 5.69 Å². The van der Waals surface area contributed by atoms with Gasteiger partial charge < -0.3 is 10.4 Å². The molecule has 0 aromatic carbocycles. The van der Waals surface area contributed by atoms with Crippen LogP contribution < -0.4 is 5.32 Å². The molecule has 5 nitrogen and oxygen atoms in total. The van der Waals surface area contributed by atoms with E-state index in [2.05, 4.69) is 22.2 Å². The molecule has 0 spiro atoms. The molecule has 104 valence electrons. The van der Waals surface area contributed by atoms with Gasteiger partial charge in [0.25, 0.3) is 0 Å². The molecule has 2 atom stereocenters. The van der Waals surface area contributed by atoms with Crippen LogP contribution in [0, 0.1) is 11.8 Å². The normalized spacial score (nSPS) is 23.2. The lowest BCUT2D eigenvalue weighted by Crippen LogP contribution is -2.27. The van der Waals surface area contributed by atoms with Gasteiger partial charge in [-0.3, -0.25) is 0 Å². The third kappa shape index (κ3) is 3.99. The van der Waals surface area contributed by atoms with E-state index in [-0.39, 0.29) is 5.56 Å². The minimum absolute atomic E-state index is 0.187. The molecule has 1 aliphatic rings. The highest BCUT2D eigenvalue weighted by Crippen LogP contribution is 2.27. The number of hydrogen-bond acceptors (Lipinski definition) is 4. The fraction of sp³-hybridized carbons (Fsp3) is 0.643. The van der Waals surface area contributed by atoms with Gasteiger partial charge in [-0.15, -0.1) is 0 Å². The number of nitrogens with zero attached hydrogens (tertiary/aromatic N) is 2. The molecule has 0 bridgehead atoms. The summed E-state index contributed by atoms with van der Waals surface area (Å²) in [5.74, 6) is 0.553. The van der Waals surface area contributed by atoms with Crippen molar-refractivity contribution in [1.82, 2.24) is 15.3 Å². The smallest absolute Gasteiger partial charge is 0.339 e. The van der Waals surface area contributed by atoms with E-state index in [1.165, 1.54) is 38.2 Å². The van der Waals surface area contributed by atoms with Crippen LogP contribution in [0.1, 0.15) is 48.7 Å². The third-order valence-corrected chi connectivity index (χ3v) is 3.80. The summed E-state index contributed by atoms with van der Waals surface area (Å²) in [4.78, 5) is 18.8. The van der Waals surface area contributed by atoms with E-state index in [0.29, 0.717) is 18.2 Å². The number of nitrogens with one attached hydrogen (secondary N) is 1. The highest BCUT2D eigenvalue weighted by molar-refractivity contribution is 5.88. The highest BCUT2D eigenvalue weighted by atomic mass is 16.4. The average molecular weight is 263 g/mol. The summed E-state index contributed by atoms with van der Waals surface area (Å²) >= 11 is 0. The molecular weight excluding hydrogens is 242 g/mol. The molecule has 1 heterocycles. The number of aromatic nitrogens is 2. The summed E-state index contributed by atoms with van der Waals surface area (Å²) in [5.41, 5.74) is 0.748. The standard InChI is InChI=1S/C14H21N3O2/c1-10-3-2-4-11(5-10)6-15-8-13-12(14(18)19)7-16-9-17-13/h7,9-11,15H,2-6,8H2,1H3,(H,18,19). The van der Waals surface area contributed by atoms with Gasteiger partial charge in [0.2, 0.25) is 0 Å². The van der Waals surface area contributed by atoms with Gasteiger partial charge in [0, 0.05) is 12.7 Å². The predicted molar refractivity (Wildman–Crippen MR) is 71.8 cm³/mol. The van der Waals surface area contributed by atoms with Crippen LogP contribution in [0.2, 0.25) is 0 Å². The van der Waals surface area contributed by atoms with Crippen LogP contribution in [0.15, 0.2) is 12.5 Å². The Balaban J connectivity index is 1.84. The quantitative estimate of drug-likeness (QED) is 0.850. The molecule has 1 fully saturated rings. The minimum atomic E-state index is -0.969. The number of aromatic carboxylic acids is 1. The second-order valence-corrected chi connectivity index (χ2v) is 5.46. The first kappa shape index (κ1) is 13.9. The maximum atomic E-state index is 11.0. The number of rotatable bonds is 5. The Hall–Kier alpha value is -1.49. The summed E-state index contributed by atoms with van der Waals surface area (Å²) in [6.07, 6.45) is 7.93. The van der Waals surface area contributed by atoms with Gasteiger partial charge in [0.1, 0.15) is 11.9 Å². The van der Waals surface area contributed by atoms with Crippen LogP contribution in [0.25, 0.3) is 0 Å². The fourth-order valence-electron chi connectivity index (χ4n) is 2.81. The zero-order valence-corrected chi connectivity index (χ0v) is 11.3. The molecule has 1 aliphatic carbocycles. The van der Waals surface area contributed by atoms with Gasteiger partial charge in [0.15, 0.2) is 0 Å². The highest BCUT2D eigenvalue weighted by Gasteiger charge is 2.18. The fourth-order valence-corrected chi connectivity index (χ4v) is 2.81. The monoisotopic (exact) mass is 263 g/mol. The molecule has 19 heavy (non-hydrogen) atoms. The van der Waals surface area contributed by atoms with Crippen molar-refractivity contribution in [3.63, 3.8) is 0 Å². The van der Waals surface area contributed by atoms with Crippen molar-refractivity contribution < 1.29 is 9.90 Å². The number of carboxylic acid groups (broad SMARTS) is 1. The van der Waals surface area contributed by atoms with E-state index >= 15 is 0 Å². The van der Waals surface area contributed by atoms with Crippen LogP contribution >= 0.6 is 0 Å². The summed E-state index contributed by atoms with van der Waals surface area (Å²) < 4.78 is 0. The van der Waals surface area contributed by atoms with Crippen molar-refractivity contribution >= 4 is 5.97 Å². The Bertz CT molecular complexity index is 436. The number of hydrogen-bond donors (Lipinski definition) is 2. The molecule has 0 aliphatic heterocycles. The molecule has 2 N–H and O–H groups in total. The van der Waals surface area contributed by atoms with Crippen LogP contribution in [-0.4, -0.2) is 27.6 Å². The van der Waals surface area contributed by atoms with Gasteiger partial charge >= 0.3 is 5.97 Å². The topological polar surface area (TPSA) is 75.1 Å². The summed E-state index contributed by atoms with van der Waals surface area (Å²) in [5, 5.41) is 12.4. The first-order valence-electron chi connectivity index (χ1n) is 6.89. The number of carboxylic acids is 1. The Labute approximate surface area is 113 Å². The van der Waals surface area contributed by atoms with E-state index in [4.69, 9.17) is 5.11 Å². The largest absolute Gasteiger partial charge is 0.478 e. The van der Waals surface area contributed by atoms with E-state index in [9.17, 15) is 4.79 Å². The van der Waals surface area contributed by atoms with Crippen molar-refractivity contribution in [2.75, 3.05) is 6.54 Å². The first-order valence-corrected chi connectivity index (χ1v) is 6.89. The number of carbonyl (C=O) groups is 1. The van der Waals surface area contributed by atoms with Crippen LogP contribution in [0.4, 0.5) is 0 Å². The zero-order chi connectivity index (χ0) is 13.7. The van der Waals surface area contributed by atoms with Gasteiger partial charge in [-0.2, -0.15) is 0 Å². The summed E-state index contributed by atoms with van der Waals surface area (Å²) in [7, 11) is 0. The van der Waals surface area contributed by atoms with Gasteiger partial charge in [-0.1, -0.05) is 19.8 Å². The summed E-state index contributed by atoms with van der Waals surface area (Å²) in [6.45, 7) is 3.74. The molecule has 0 saturated heterocycles. The second kappa shape index (κ2) is 6.61. The van der Waals surface area contributed by atoms with Crippen LogP contribution in [-0.2, 0) is 6.54 Å². The Morgan fingerprint density at radius 1 is 1.53 bits per heavy atom. The van der Waals surface area contributed by atoms with Crippen LogP contribution in [0.5, 0.6) is 0 Å². The zero-order valence-electron chi connectivity index (χ0n) is 11.3. The molecule has 1 aromatic heterocycles. The van der Waals surface area contributed by atoms with Crippen molar-refractivity contribution in [3.05, 3.63) is 23.8 Å². The van der Waals surface area contributed by atoms with Crippen molar-refractivity contribution in [2.24, 2.45) is 11.8 Å². The van der Waals surface area contributed by atoms with E-state index in [1.807, 2.05) is 0 Å². The van der Waals surface area contributed by atoms with Crippen molar-refractivity contribution in [1.29, 1.82) is 0 Å². The van der Waals surface area contributed by atoms with Crippen LogP contribution in [0.3, 0.4) is 0 Å². The lowest BCUT2D eigenvalue weighted by molar-refractivity contribution is 0.0694. The average Bonchev–Trinajstić information content (AvgIpc) is 2.39. The predicted octanol–water partition coefficient (Wildman–Crippen LogP) is 2.09. The first-order chi connectivity index (χ1) is 9.16. The Morgan fingerprint density at radius 2 is 2.37 bits per heavy atom. The molecule has 5 heteroatoms. The van der Waals surface area contributed by atoms with Crippen molar-refractivity contribution in [2.45, 2.75) is 39.2 Å². The lowest BCUT2D eigenvalue weighted by Gasteiger charge is -2.26. The maximum absolute atomic E-state index is 11.0. The molecule has 1 aromatic rings. The lowest BCUT2D eigenvalue weighted by atomic mass is 9.82. The minimum Gasteiger partial charge on any atom is -0.478 e. The molecule has 0 amide bonds. The molecule has 0 radical (unpaired) electrons. The van der Waals surface area contributed by atoms with Gasteiger partial charge in [-0.25, -0.2) is 14.8 Å².